The summed E-state index contributed by atoms with van der Waals surface area (Å²) in [7, 11) is 2.76. The summed E-state index contributed by atoms with van der Waals surface area (Å²) in [5, 5.41) is 14.6. The summed E-state index contributed by atoms with van der Waals surface area (Å²) in [5.41, 5.74) is 0.819. The number of ether oxygens (including phenoxy) is 2. The first-order valence-electron chi connectivity index (χ1n) is 8.48. The second-order valence-corrected chi connectivity index (χ2v) is 6.22. The van der Waals surface area contributed by atoms with Crippen LogP contribution in [0, 0.1) is 0 Å². The Morgan fingerprint density at radius 1 is 0.893 bits per heavy atom. The van der Waals surface area contributed by atoms with E-state index in [1.807, 2.05) is 13.8 Å². The molecule has 8 heteroatoms. The fourth-order valence-corrected chi connectivity index (χ4v) is 2.49. The van der Waals surface area contributed by atoms with Gasteiger partial charge >= 0.3 is 5.97 Å². The molecule has 0 unspecified atom stereocenters. The monoisotopic (exact) mass is 386 g/mol. The zero-order chi connectivity index (χ0) is 20.8. The maximum atomic E-state index is 12.6. The van der Waals surface area contributed by atoms with E-state index in [1.165, 1.54) is 50.6 Å². The van der Waals surface area contributed by atoms with Crippen molar-refractivity contribution < 1.29 is 29.0 Å². The van der Waals surface area contributed by atoms with Crippen molar-refractivity contribution in [2.24, 2.45) is 0 Å². The third-order valence-corrected chi connectivity index (χ3v) is 3.80. The van der Waals surface area contributed by atoms with E-state index in [9.17, 15) is 19.5 Å². The lowest BCUT2D eigenvalue weighted by molar-refractivity contribution is 0.0695. The number of carbonyl (C=O) groups is 3. The molecule has 0 radical (unpaired) electrons. The standard InChI is InChI=1S/C20H22N2O6/c1-11(2)21-18(23)12-5-7-13(8-6-12)19(24)22-15-9-14(20(25)26)10-16(27-3)17(15)28-4/h5-11H,1-4H3,(H,21,23)(H,22,24)(H,25,26). The summed E-state index contributed by atoms with van der Waals surface area (Å²) in [6.07, 6.45) is 0. The summed E-state index contributed by atoms with van der Waals surface area (Å²) >= 11 is 0. The number of hydrogen-bond acceptors (Lipinski definition) is 5. The Kier molecular flexibility index (Phi) is 6.59. The maximum absolute atomic E-state index is 12.6. The van der Waals surface area contributed by atoms with Crippen molar-refractivity contribution in [2.75, 3.05) is 19.5 Å². The van der Waals surface area contributed by atoms with Gasteiger partial charge in [-0.05, 0) is 50.2 Å². The lowest BCUT2D eigenvalue weighted by atomic mass is 10.1. The Morgan fingerprint density at radius 2 is 1.46 bits per heavy atom. The third-order valence-electron chi connectivity index (χ3n) is 3.80. The van der Waals surface area contributed by atoms with Crippen LogP contribution in [-0.2, 0) is 0 Å². The van der Waals surface area contributed by atoms with Gasteiger partial charge in [0.05, 0.1) is 25.5 Å². The molecule has 0 fully saturated rings. The minimum Gasteiger partial charge on any atom is -0.493 e. The molecule has 2 amide bonds. The van der Waals surface area contributed by atoms with E-state index >= 15 is 0 Å². The van der Waals surface area contributed by atoms with Crippen molar-refractivity contribution in [2.45, 2.75) is 19.9 Å². The fourth-order valence-electron chi connectivity index (χ4n) is 2.49. The highest BCUT2D eigenvalue weighted by Gasteiger charge is 2.18. The van der Waals surface area contributed by atoms with Crippen LogP contribution in [0.3, 0.4) is 0 Å². The molecule has 0 bridgehead atoms. The number of rotatable bonds is 7. The van der Waals surface area contributed by atoms with Crippen LogP contribution in [0.1, 0.15) is 44.9 Å². The fraction of sp³-hybridized carbons (Fsp3) is 0.250. The van der Waals surface area contributed by atoms with Crippen molar-refractivity contribution in [3.8, 4) is 11.5 Å². The van der Waals surface area contributed by atoms with Gasteiger partial charge in [0, 0.05) is 17.2 Å². The van der Waals surface area contributed by atoms with Crippen molar-refractivity contribution in [1.82, 2.24) is 5.32 Å². The SMILES string of the molecule is COc1cc(C(=O)O)cc(NC(=O)c2ccc(C(=O)NC(C)C)cc2)c1OC. The van der Waals surface area contributed by atoms with Gasteiger partial charge in [0.15, 0.2) is 11.5 Å². The van der Waals surface area contributed by atoms with Crippen molar-refractivity contribution in [3.63, 3.8) is 0 Å². The highest BCUT2D eigenvalue weighted by atomic mass is 16.5. The maximum Gasteiger partial charge on any atom is 0.335 e. The lowest BCUT2D eigenvalue weighted by Gasteiger charge is -2.15. The zero-order valence-electron chi connectivity index (χ0n) is 16.0. The molecule has 0 spiro atoms. The number of benzene rings is 2. The molecule has 0 heterocycles. The second kappa shape index (κ2) is 8.90. The number of nitrogens with one attached hydrogen (secondary N) is 2. The van der Waals surface area contributed by atoms with E-state index in [0.29, 0.717) is 11.1 Å². The third kappa shape index (κ3) is 4.79. The Hall–Kier alpha value is -3.55. The number of carboxylic acid groups (broad SMARTS) is 1. The predicted octanol–water partition coefficient (Wildman–Crippen LogP) is 2.79. The van der Waals surface area contributed by atoms with Crippen LogP contribution in [0.4, 0.5) is 5.69 Å². The first-order valence-corrected chi connectivity index (χ1v) is 8.48. The number of amides is 2. The topological polar surface area (TPSA) is 114 Å². The highest BCUT2D eigenvalue weighted by molar-refractivity contribution is 6.06. The molecule has 0 saturated heterocycles. The Morgan fingerprint density at radius 3 is 1.93 bits per heavy atom. The largest absolute Gasteiger partial charge is 0.493 e. The molecule has 0 saturated carbocycles. The summed E-state index contributed by atoms with van der Waals surface area (Å²) in [5.74, 6) is -1.51. The summed E-state index contributed by atoms with van der Waals surface area (Å²) in [4.78, 5) is 35.9. The van der Waals surface area contributed by atoms with Crippen LogP contribution < -0.4 is 20.1 Å². The molecule has 148 valence electrons. The lowest BCUT2D eigenvalue weighted by Crippen LogP contribution is -2.30. The van der Waals surface area contributed by atoms with E-state index in [1.54, 1.807) is 0 Å². The van der Waals surface area contributed by atoms with Gasteiger partial charge < -0.3 is 25.2 Å². The normalized spacial score (nSPS) is 10.3. The molecule has 28 heavy (non-hydrogen) atoms. The average molecular weight is 386 g/mol. The molecule has 2 aromatic rings. The minimum atomic E-state index is -1.17. The quantitative estimate of drug-likeness (QED) is 0.674. The van der Waals surface area contributed by atoms with Crippen LogP contribution in [0.25, 0.3) is 0 Å². The van der Waals surface area contributed by atoms with E-state index < -0.39 is 11.9 Å². The van der Waals surface area contributed by atoms with Crippen molar-refractivity contribution >= 4 is 23.5 Å². The van der Waals surface area contributed by atoms with Crippen molar-refractivity contribution in [1.29, 1.82) is 0 Å². The Balaban J connectivity index is 2.28. The van der Waals surface area contributed by atoms with Gasteiger partial charge in [0.2, 0.25) is 0 Å². The summed E-state index contributed by atoms with van der Waals surface area (Å²) in [6, 6.07) is 8.69. The van der Waals surface area contributed by atoms with Gasteiger partial charge in [-0.2, -0.15) is 0 Å². The molecule has 3 N–H and O–H groups in total. The van der Waals surface area contributed by atoms with Crippen LogP contribution in [0.2, 0.25) is 0 Å². The molecule has 0 aliphatic heterocycles. The van der Waals surface area contributed by atoms with Gasteiger partial charge in [-0.15, -0.1) is 0 Å². The molecular formula is C20H22N2O6. The molecule has 0 aliphatic rings. The highest BCUT2D eigenvalue weighted by Crippen LogP contribution is 2.36. The van der Waals surface area contributed by atoms with Crippen LogP contribution in [0.5, 0.6) is 11.5 Å². The van der Waals surface area contributed by atoms with Gasteiger partial charge in [-0.3, -0.25) is 9.59 Å². The molecule has 0 aliphatic carbocycles. The smallest absolute Gasteiger partial charge is 0.335 e. The van der Waals surface area contributed by atoms with E-state index in [0.717, 1.165) is 0 Å². The number of methoxy groups -OCH3 is 2. The Bertz CT molecular complexity index is 890. The first-order chi connectivity index (χ1) is 13.3. The molecular weight excluding hydrogens is 364 g/mol. The second-order valence-electron chi connectivity index (χ2n) is 6.22. The molecule has 2 rings (SSSR count). The molecule has 8 nitrogen and oxygen atoms in total. The van der Waals surface area contributed by atoms with Crippen LogP contribution in [0.15, 0.2) is 36.4 Å². The van der Waals surface area contributed by atoms with E-state index in [-0.39, 0.29) is 34.7 Å². The first kappa shape index (κ1) is 20.8. The average Bonchev–Trinajstić information content (AvgIpc) is 2.66. The van der Waals surface area contributed by atoms with Gasteiger partial charge in [0.25, 0.3) is 11.8 Å². The van der Waals surface area contributed by atoms with Crippen LogP contribution in [-0.4, -0.2) is 43.2 Å². The van der Waals surface area contributed by atoms with Crippen LogP contribution >= 0.6 is 0 Å². The summed E-state index contributed by atoms with van der Waals surface area (Å²) < 4.78 is 10.4. The number of anilines is 1. The number of aromatic carboxylic acids is 1. The van der Waals surface area contributed by atoms with E-state index in [4.69, 9.17) is 9.47 Å². The molecule has 0 aromatic heterocycles. The predicted molar refractivity (Wildman–Crippen MR) is 104 cm³/mol. The molecule has 0 atom stereocenters. The van der Waals surface area contributed by atoms with Gasteiger partial charge in [-0.25, -0.2) is 4.79 Å². The zero-order valence-corrected chi connectivity index (χ0v) is 16.0. The van der Waals surface area contributed by atoms with E-state index in [2.05, 4.69) is 10.6 Å². The Labute approximate surface area is 162 Å². The van der Waals surface area contributed by atoms with Gasteiger partial charge in [-0.1, -0.05) is 0 Å². The number of hydrogen-bond donors (Lipinski definition) is 3. The van der Waals surface area contributed by atoms with Gasteiger partial charge in [0.1, 0.15) is 0 Å². The minimum absolute atomic E-state index is 0.000526. The van der Waals surface area contributed by atoms with Crippen molar-refractivity contribution in [3.05, 3.63) is 53.1 Å². The number of carboxylic acids is 1. The number of carbonyl (C=O) groups excluding carboxylic acids is 2. The molecule has 2 aromatic carbocycles. The summed E-state index contributed by atoms with van der Waals surface area (Å²) in [6.45, 7) is 3.71.